The fourth-order valence-corrected chi connectivity index (χ4v) is 4.32. The molecule has 0 aliphatic rings. The maximum absolute atomic E-state index is 12.3. The topological polar surface area (TPSA) is 85.1 Å². The van der Waals surface area contributed by atoms with Crippen molar-refractivity contribution in [3.05, 3.63) is 39.8 Å². The van der Waals surface area contributed by atoms with E-state index >= 15 is 0 Å². The number of aromatic nitrogens is 1. The summed E-state index contributed by atoms with van der Waals surface area (Å²) in [4.78, 5) is 5.91. The predicted octanol–water partition coefficient (Wildman–Crippen LogP) is 2.02. The van der Waals surface area contributed by atoms with Gasteiger partial charge in [0.2, 0.25) is 0 Å². The molecule has 0 atom stereocenters. The average molecular weight is 297 g/mol. The molecule has 102 valence electrons. The van der Waals surface area contributed by atoms with Crippen LogP contribution in [-0.4, -0.2) is 13.4 Å². The van der Waals surface area contributed by atoms with Crippen LogP contribution in [0.4, 0.5) is 5.69 Å². The summed E-state index contributed by atoms with van der Waals surface area (Å²) in [6.45, 7) is 3.87. The Morgan fingerprint density at radius 2 is 2.16 bits per heavy atom. The lowest BCUT2D eigenvalue weighted by Crippen LogP contribution is -2.14. The first-order chi connectivity index (χ1) is 8.94. The van der Waals surface area contributed by atoms with Crippen LogP contribution in [0.5, 0.6) is 0 Å². The minimum absolute atomic E-state index is 0.279. The third-order valence-corrected chi connectivity index (χ3v) is 5.36. The number of pyridine rings is 1. The monoisotopic (exact) mass is 297 g/mol. The van der Waals surface area contributed by atoms with Crippen LogP contribution in [0.1, 0.15) is 15.4 Å². The van der Waals surface area contributed by atoms with Crippen molar-refractivity contribution in [3.63, 3.8) is 0 Å². The Balaban J connectivity index is 2.38. The van der Waals surface area contributed by atoms with Gasteiger partial charge >= 0.3 is 0 Å². The van der Waals surface area contributed by atoms with Crippen molar-refractivity contribution in [1.82, 2.24) is 4.98 Å². The summed E-state index contributed by atoms with van der Waals surface area (Å²) < 4.78 is 27.2. The molecule has 0 fully saturated rings. The number of aryl methyl sites for hydroxylation is 2. The molecule has 5 nitrogen and oxygen atoms in total. The van der Waals surface area contributed by atoms with Crippen LogP contribution in [0.25, 0.3) is 0 Å². The molecule has 2 heterocycles. The van der Waals surface area contributed by atoms with Crippen molar-refractivity contribution in [3.8, 4) is 0 Å². The highest BCUT2D eigenvalue weighted by Gasteiger charge is 2.20. The quantitative estimate of drug-likeness (QED) is 0.904. The molecule has 0 amide bonds. The van der Waals surface area contributed by atoms with E-state index in [1.165, 1.54) is 11.3 Å². The van der Waals surface area contributed by atoms with Crippen LogP contribution in [-0.2, 0) is 16.6 Å². The van der Waals surface area contributed by atoms with Crippen molar-refractivity contribution < 1.29 is 8.42 Å². The zero-order valence-corrected chi connectivity index (χ0v) is 12.3. The lowest BCUT2D eigenvalue weighted by atomic mass is 10.3. The van der Waals surface area contributed by atoms with Gasteiger partial charge in [0.15, 0.2) is 0 Å². The molecule has 0 bridgehead atoms. The molecule has 0 aliphatic heterocycles. The van der Waals surface area contributed by atoms with Gasteiger partial charge in [0.05, 0.1) is 11.4 Å². The Kier molecular flexibility index (Phi) is 3.88. The third-order valence-electron chi connectivity index (χ3n) is 2.67. The van der Waals surface area contributed by atoms with Gasteiger partial charge in [0.25, 0.3) is 10.0 Å². The molecular formula is C12H15N3O2S2. The van der Waals surface area contributed by atoms with E-state index in [0.29, 0.717) is 17.9 Å². The van der Waals surface area contributed by atoms with Crippen molar-refractivity contribution in [2.24, 2.45) is 5.73 Å². The minimum Gasteiger partial charge on any atom is -0.326 e. The number of rotatable bonds is 4. The number of hydrogen-bond acceptors (Lipinski definition) is 5. The van der Waals surface area contributed by atoms with Gasteiger partial charge in [-0.05, 0) is 32.0 Å². The van der Waals surface area contributed by atoms with Gasteiger partial charge in [-0.15, -0.1) is 11.3 Å². The summed E-state index contributed by atoms with van der Waals surface area (Å²) in [5.41, 5.74) is 6.66. The summed E-state index contributed by atoms with van der Waals surface area (Å²) in [6.07, 6.45) is 1.62. The largest absolute Gasteiger partial charge is 0.326 e. The van der Waals surface area contributed by atoms with E-state index in [1.807, 2.05) is 0 Å². The summed E-state index contributed by atoms with van der Waals surface area (Å²) >= 11 is 1.40. The summed E-state index contributed by atoms with van der Waals surface area (Å²) in [6, 6.07) is 5.00. The van der Waals surface area contributed by atoms with E-state index < -0.39 is 10.0 Å². The van der Waals surface area contributed by atoms with Crippen molar-refractivity contribution in [2.45, 2.75) is 25.3 Å². The highest BCUT2D eigenvalue weighted by Crippen LogP contribution is 2.27. The number of nitrogens with one attached hydrogen (secondary N) is 1. The van der Waals surface area contributed by atoms with Gasteiger partial charge in [0.1, 0.15) is 4.90 Å². The molecule has 2 aromatic heterocycles. The Morgan fingerprint density at radius 3 is 2.74 bits per heavy atom. The number of anilines is 1. The fourth-order valence-electron chi connectivity index (χ4n) is 1.68. The Bertz CT molecular complexity index is 693. The average Bonchev–Trinajstić information content (AvgIpc) is 2.74. The zero-order valence-electron chi connectivity index (χ0n) is 10.7. The summed E-state index contributed by atoms with van der Waals surface area (Å²) in [5, 5.41) is 0. The van der Waals surface area contributed by atoms with Crippen molar-refractivity contribution in [1.29, 1.82) is 0 Å². The zero-order chi connectivity index (χ0) is 14.0. The van der Waals surface area contributed by atoms with Crippen LogP contribution in [0.3, 0.4) is 0 Å². The molecule has 3 N–H and O–H groups in total. The SMILES string of the molecule is Cc1ncccc1NS(=O)(=O)c1cc(CN)sc1C. The standard InChI is InChI=1S/C12H15N3O2S2/c1-8-11(4-3-5-14-8)15-19(16,17)12-6-10(7-13)18-9(12)2/h3-6,15H,7,13H2,1-2H3. The molecule has 0 unspecified atom stereocenters. The lowest BCUT2D eigenvalue weighted by Gasteiger charge is -2.09. The van der Waals surface area contributed by atoms with Crippen molar-refractivity contribution >= 4 is 27.0 Å². The molecule has 2 aromatic rings. The van der Waals surface area contributed by atoms with E-state index in [1.54, 1.807) is 38.2 Å². The van der Waals surface area contributed by atoms with Crippen LogP contribution >= 0.6 is 11.3 Å². The molecule has 0 aliphatic carbocycles. The Hall–Kier alpha value is -1.44. The van der Waals surface area contributed by atoms with Crippen LogP contribution in [0.2, 0.25) is 0 Å². The van der Waals surface area contributed by atoms with E-state index in [2.05, 4.69) is 9.71 Å². The van der Waals surface area contributed by atoms with E-state index in [0.717, 1.165) is 9.75 Å². The normalized spacial score (nSPS) is 11.5. The number of nitrogens with zero attached hydrogens (tertiary/aromatic N) is 1. The first kappa shape index (κ1) is 14.0. The van der Waals surface area contributed by atoms with Crippen LogP contribution < -0.4 is 10.5 Å². The van der Waals surface area contributed by atoms with Gasteiger partial charge in [-0.2, -0.15) is 0 Å². The molecule has 0 spiro atoms. The summed E-state index contributed by atoms with van der Waals surface area (Å²) in [7, 11) is -3.59. The summed E-state index contributed by atoms with van der Waals surface area (Å²) in [5.74, 6) is 0. The minimum atomic E-state index is -3.59. The molecule has 19 heavy (non-hydrogen) atoms. The van der Waals surface area contributed by atoms with E-state index in [9.17, 15) is 8.42 Å². The molecule has 0 radical (unpaired) electrons. The van der Waals surface area contributed by atoms with Crippen LogP contribution in [0, 0.1) is 13.8 Å². The second-order valence-electron chi connectivity index (χ2n) is 4.08. The van der Waals surface area contributed by atoms with E-state index in [-0.39, 0.29) is 4.90 Å². The third kappa shape index (κ3) is 2.94. The first-order valence-electron chi connectivity index (χ1n) is 5.68. The van der Waals surface area contributed by atoms with Gasteiger partial charge in [-0.3, -0.25) is 9.71 Å². The Morgan fingerprint density at radius 1 is 1.42 bits per heavy atom. The Labute approximate surface area is 116 Å². The van der Waals surface area contributed by atoms with E-state index in [4.69, 9.17) is 5.73 Å². The smallest absolute Gasteiger partial charge is 0.263 e. The number of sulfonamides is 1. The van der Waals surface area contributed by atoms with Gasteiger partial charge in [-0.25, -0.2) is 8.42 Å². The number of hydrogen-bond donors (Lipinski definition) is 2. The second-order valence-corrected chi connectivity index (χ2v) is 7.07. The van der Waals surface area contributed by atoms with Gasteiger partial charge < -0.3 is 5.73 Å². The number of thiophene rings is 1. The first-order valence-corrected chi connectivity index (χ1v) is 7.98. The fraction of sp³-hybridized carbons (Fsp3) is 0.250. The van der Waals surface area contributed by atoms with Crippen LogP contribution in [0.15, 0.2) is 29.3 Å². The molecule has 0 saturated carbocycles. The predicted molar refractivity (Wildman–Crippen MR) is 76.7 cm³/mol. The molecule has 2 rings (SSSR count). The van der Waals surface area contributed by atoms with Gasteiger partial charge in [-0.1, -0.05) is 0 Å². The maximum atomic E-state index is 12.3. The number of nitrogens with two attached hydrogens (primary N) is 1. The van der Waals surface area contributed by atoms with Gasteiger partial charge in [0, 0.05) is 22.5 Å². The molecule has 0 saturated heterocycles. The maximum Gasteiger partial charge on any atom is 0.263 e. The molecular weight excluding hydrogens is 282 g/mol. The second kappa shape index (κ2) is 5.28. The highest BCUT2D eigenvalue weighted by molar-refractivity contribution is 7.93. The molecule has 0 aromatic carbocycles. The highest BCUT2D eigenvalue weighted by atomic mass is 32.2. The lowest BCUT2D eigenvalue weighted by molar-refractivity contribution is 0.601. The van der Waals surface area contributed by atoms with Crippen molar-refractivity contribution in [2.75, 3.05) is 4.72 Å². The molecule has 7 heteroatoms.